The predicted molar refractivity (Wildman–Crippen MR) is 106 cm³/mol. The maximum atomic E-state index is 12.7. The van der Waals surface area contributed by atoms with E-state index in [1.807, 2.05) is 4.90 Å². The molecule has 8 heteroatoms. The molecule has 2 heterocycles. The average molecular weight is 384 g/mol. The fourth-order valence-electron chi connectivity index (χ4n) is 3.08. The first kappa shape index (κ1) is 19.5. The molecule has 0 bridgehead atoms. The van der Waals surface area contributed by atoms with Gasteiger partial charge in [-0.3, -0.25) is 9.59 Å². The molecule has 1 aromatic carbocycles. The Hall–Kier alpha value is -3.29. The quantitative estimate of drug-likeness (QED) is 0.849. The van der Waals surface area contributed by atoms with Crippen LogP contribution in [0, 0.1) is 0 Å². The maximum Gasteiger partial charge on any atom is 0.255 e. The smallest absolute Gasteiger partial charge is 0.255 e. The first-order valence-electron chi connectivity index (χ1n) is 9.01. The summed E-state index contributed by atoms with van der Waals surface area (Å²) in [5, 5.41) is 2.86. The van der Waals surface area contributed by atoms with Crippen molar-refractivity contribution >= 4 is 23.3 Å². The number of aromatic nitrogens is 1. The van der Waals surface area contributed by atoms with Gasteiger partial charge in [-0.15, -0.1) is 0 Å². The molecule has 1 aliphatic rings. The number of benzene rings is 1. The fourth-order valence-corrected chi connectivity index (χ4v) is 3.08. The van der Waals surface area contributed by atoms with Crippen LogP contribution in [-0.4, -0.2) is 62.1 Å². The molecule has 0 radical (unpaired) electrons. The normalized spacial score (nSPS) is 13.8. The van der Waals surface area contributed by atoms with Crippen LogP contribution in [-0.2, 0) is 4.79 Å². The van der Waals surface area contributed by atoms with Crippen molar-refractivity contribution in [1.29, 1.82) is 0 Å². The molecule has 0 atom stereocenters. The summed E-state index contributed by atoms with van der Waals surface area (Å²) in [6.07, 6.45) is 1.62. The van der Waals surface area contributed by atoms with Gasteiger partial charge in [-0.05, 0) is 24.3 Å². The molecule has 28 heavy (non-hydrogen) atoms. The number of pyridine rings is 1. The number of carbonyl (C=O) groups is 2. The van der Waals surface area contributed by atoms with E-state index in [9.17, 15) is 9.59 Å². The molecule has 2 amide bonds. The van der Waals surface area contributed by atoms with Crippen molar-refractivity contribution in [3.05, 3.63) is 42.1 Å². The van der Waals surface area contributed by atoms with Gasteiger partial charge in [0.1, 0.15) is 17.3 Å². The zero-order chi connectivity index (χ0) is 20.1. The molecule has 2 aromatic rings. The highest BCUT2D eigenvalue weighted by molar-refractivity contribution is 6.05. The molecule has 1 aromatic heterocycles. The molecule has 148 valence electrons. The lowest BCUT2D eigenvalue weighted by Crippen LogP contribution is -2.48. The van der Waals surface area contributed by atoms with Crippen molar-refractivity contribution in [1.82, 2.24) is 9.88 Å². The standard InChI is InChI=1S/C20H24N4O4/c1-14(25)23-8-10-24(11-9-23)19-12-15(6-7-21-19)20(26)22-17-5-4-16(27-2)13-18(17)28-3/h4-7,12-13H,8-11H2,1-3H3,(H,22,26). The Labute approximate surface area is 164 Å². The monoisotopic (exact) mass is 384 g/mol. The van der Waals surface area contributed by atoms with Crippen LogP contribution >= 0.6 is 0 Å². The molecule has 1 fully saturated rings. The van der Waals surface area contributed by atoms with Crippen LogP contribution in [0.2, 0.25) is 0 Å². The number of carbonyl (C=O) groups excluding carboxylic acids is 2. The number of rotatable bonds is 5. The molecular formula is C20H24N4O4. The van der Waals surface area contributed by atoms with Gasteiger partial charge in [0.15, 0.2) is 0 Å². The van der Waals surface area contributed by atoms with E-state index in [2.05, 4.69) is 15.2 Å². The second kappa shape index (κ2) is 8.60. The van der Waals surface area contributed by atoms with Crippen molar-refractivity contribution in [2.75, 3.05) is 50.6 Å². The number of nitrogens with zero attached hydrogens (tertiary/aromatic N) is 3. The van der Waals surface area contributed by atoms with Gasteiger partial charge in [-0.2, -0.15) is 0 Å². The topological polar surface area (TPSA) is 84.0 Å². The summed E-state index contributed by atoms with van der Waals surface area (Å²) in [6, 6.07) is 8.63. The Morgan fingerprint density at radius 1 is 1.04 bits per heavy atom. The highest BCUT2D eigenvalue weighted by Gasteiger charge is 2.20. The first-order valence-corrected chi connectivity index (χ1v) is 9.01. The third kappa shape index (κ3) is 4.33. The second-order valence-corrected chi connectivity index (χ2v) is 6.42. The van der Waals surface area contributed by atoms with Crippen LogP contribution in [0.1, 0.15) is 17.3 Å². The Morgan fingerprint density at radius 3 is 2.43 bits per heavy atom. The van der Waals surface area contributed by atoms with Gasteiger partial charge >= 0.3 is 0 Å². The molecular weight excluding hydrogens is 360 g/mol. The summed E-state index contributed by atoms with van der Waals surface area (Å²) in [5.74, 6) is 1.70. The summed E-state index contributed by atoms with van der Waals surface area (Å²) >= 11 is 0. The van der Waals surface area contributed by atoms with E-state index in [4.69, 9.17) is 9.47 Å². The molecule has 1 saturated heterocycles. The number of ether oxygens (including phenoxy) is 2. The van der Waals surface area contributed by atoms with E-state index >= 15 is 0 Å². The Morgan fingerprint density at radius 2 is 1.79 bits per heavy atom. The van der Waals surface area contributed by atoms with Crippen molar-refractivity contribution in [2.24, 2.45) is 0 Å². The van der Waals surface area contributed by atoms with Gasteiger partial charge in [0.25, 0.3) is 5.91 Å². The molecule has 3 rings (SSSR count). The highest BCUT2D eigenvalue weighted by Crippen LogP contribution is 2.29. The van der Waals surface area contributed by atoms with E-state index in [0.717, 1.165) is 5.82 Å². The lowest BCUT2D eigenvalue weighted by atomic mass is 10.2. The van der Waals surface area contributed by atoms with Gasteiger partial charge in [0.2, 0.25) is 5.91 Å². The Bertz CT molecular complexity index is 863. The minimum Gasteiger partial charge on any atom is -0.497 e. The van der Waals surface area contributed by atoms with Crippen LogP contribution < -0.4 is 19.7 Å². The summed E-state index contributed by atoms with van der Waals surface area (Å²) < 4.78 is 10.5. The van der Waals surface area contributed by atoms with Gasteiger partial charge in [0.05, 0.1) is 19.9 Å². The van der Waals surface area contributed by atoms with Gasteiger partial charge in [0, 0.05) is 50.9 Å². The largest absolute Gasteiger partial charge is 0.497 e. The lowest BCUT2D eigenvalue weighted by molar-refractivity contribution is -0.129. The van der Waals surface area contributed by atoms with E-state index in [-0.39, 0.29) is 11.8 Å². The van der Waals surface area contributed by atoms with Gasteiger partial charge in [-0.1, -0.05) is 0 Å². The average Bonchev–Trinajstić information content (AvgIpc) is 2.74. The SMILES string of the molecule is COc1ccc(NC(=O)c2ccnc(N3CCN(C(C)=O)CC3)c2)c(OC)c1. The number of nitrogens with one attached hydrogen (secondary N) is 1. The van der Waals surface area contributed by atoms with Crippen molar-refractivity contribution < 1.29 is 19.1 Å². The molecule has 0 saturated carbocycles. The van der Waals surface area contributed by atoms with Crippen molar-refractivity contribution in [3.63, 3.8) is 0 Å². The van der Waals surface area contributed by atoms with Crippen LogP contribution in [0.3, 0.4) is 0 Å². The third-order valence-corrected chi connectivity index (χ3v) is 4.71. The Kier molecular flexibility index (Phi) is 5.98. The second-order valence-electron chi connectivity index (χ2n) is 6.42. The van der Waals surface area contributed by atoms with Crippen molar-refractivity contribution in [2.45, 2.75) is 6.92 Å². The number of hydrogen-bond donors (Lipinski definition) is 1. The lowest BCUT2D eigenvalue weighted by Gasteiger charge is -2.35. The van der Waals surface area contributed by atoms with Crippen LogP contribution in [0.4, 0.5) is 11.5 Å². The van der Waals surface area contributed by atoms with Crippen LogP contribution in [0.25, 0.3) is 0 Å². The van der Waals surface area contributed by atoms with E-state index < -0.39 is 0 Å². The summed E-state index contributed by atoms with van der Waals surface area (Å²) in [5.41, 5.74) is 1.05. The third-order valence-electron chi connectivity index (χ3n) is 4.71. The number of anilines is 2. The van der Waals surface area contributed by atoms with Gasteiger partial charge < -0.3 is 24.6 Å². The number of methoxy groups -OCH3 is 2. The van der Waals surface area contributed by atoms with E-state index in [1.165, 1.54) is 7.11 Å². The van der Waals surface area contributed by atoms with Gasteiger partial charge in [-0.25, -0.2) is 4.98 Å². The molecule has 1 aliphatic heterocycles. The summed E-state index contributed by atoms with van der Waals surface area (Å²) in [4.78, 5) is 32.5. The molecule has 1 N–H and O–H groups in total. The molecule has 0 unspecified atom stereocenters. The summed E-state index contributed by atoms with van der Waals surface area (Å²) in [6.45, 7) is 4.24. The zero-order valence-electron chi connectivity index (χ0n) is 16.3. The Balaban J connectivity index is 1.72. The molecule has 0 aliphatic carbocycles. The zero-order valence-corrected chi connectivity index (χ0v) is 16.3. The predicted octanol–water partition coefficient (Wildman–Crippen LogP) is 2.02. The number of hydrogen-bond acceptors (Lipinski definition) is 6. The highest BCUT2D eigenvalue weighted by atomic mass is 16.5. The molecule has 8 nitrogen and oxygen atoms in total. The number of amides is 2. The maximum absolute atomic E-state index is 12.7. The molecule has 0 spiro atoms. The minimum absolute atomic E-state index is 0.0779. The summed E-state index contributed by atoms with van der Waals surface area (Å²) in [7, 11) is 3.11. The minimum atomic E-state index is -0.255. The first-order chi connectivity index (χ1) is 13.5. The van der Waals surface area contributed by atoms with E-state index in [0.29, 0.717) is 48.9 Å². The number of piperazine rings is 1. The van der Waals surface area contributed by atoms with E-state index in [1.54, 1.807) is 50.6 Å². The van der Waals surface area contributed by atoms with Crippen LogP contribution in [0.15, 0.2) is 36.5 Å². The van der Waals surface area contributed by atoms with Crippen molar-refractivity contribution in [3.8, 4) is 11.5 Å². The fraction of sp³-hybridized carbons (Fsp3) is 0.350. The van der Waals surface area contributed by atoms with Crippen LogP contribution in [0.5, 0.6) is 11.5 Å².